The van der Waals surface area contributed by atoms with Crippen LogP contribution in [0.2, 0.25) is 0 Å². The molecule has 1 aliphatic heterocycles. The van der Waals surface area contributed by atoms with Gasteiger partial charge in [-0.15, -0.1) is 12.4 Å². The Bertz CT molecular complexity index is 443. The predicted octanol–water partition coefficient (Wildman–Crippen LogP) is 1.97. The smallest absolute Gasteiger partial charge is 0.227 e. The van der Waals surface area contributed by atoms with E-state index in [0.717, 1.165) is 13.0 Å². The fourth-order valence-electron chi connectivity index (χ4n) is 2.00. The molecule has 1 aromatic rings. The lowest BCUT2D eigenvalue weighted by Gasteiger charge is -2.29. The van der Waals surface area contributed by atoms with E-state index in [-0.39, 0.29) is 24.1 Å². The minimum Gasteiger partial charge on any atom is -0.489 e. The Hall–Kier alpha value is -1.33. The van der Waals surface area contributed by atoms with Gasteiger partial charge in [-0.25, -0.2) is 4.39 Å². The normalized spacial score (nSPS) is 13.3. The number of nitrogens with zero attached hydrogens (tertiary/aromatic N) is 1. The average Bonchev–Trinajstić information content (AvgIpc) is 2.37. The molecule has 0 saturated carbocycles. The zero-order valence-corrected chi connectivity index (χ0v) is 11.6. The second kappa shape index (κ2) is 7.31. The Morgan fingerprint density at radius 2 is 2.32 bits per heavy atom. The Labute approximate surface area is 118 Å². The number of rotatable bonds is 4. The molecule has 0 aliphatic carbocycles. The molecular weight excluding hydrogens is 271 g/mol. The van der Waals surface area contributed by atoms with Crippen LogP contribution in [0.3, 0.4) is 0 Å². The molecule has 1 N–H and O–H groups in total. The molecule has 1 aromatic carbocycles. The lowest BCUT2D eigenvalue weighted by molar-refractivity contribution is -0.118. The third kappa shape index (κ3) is 3.81. The number of benzene rings is 1. The molecule has 0 aromatic heterocycles. The molecule has 1 amide bonds. The predicted molar refractivity (Wildman–Crippen MR) is 74.7 cm³/mol. The van der Waals surface area contributed by atoms with Crippen LogP contribution in [-0.2, 0) is 4.79 Å². The SMILES string of the molecule is CNCCCC(=O)N1CCOc2cc(F)ccc21.Cl. The quantitative estimate of drug-likeness (QED) is 0.862. The highest BCUT2D eigenvalue weighted by Crippen LogP contribution is 2.32. The maximum Gasteiger partial charge on any atom is 0.227 e. The molecule has 6 heteroatoms. The van der Waals surface area contributed by atoms with Gasteiger partial charge in [0.05, 0.1) is 12.2 Å². The van der Waals surface area contributed by atoms with Crippen molar-refractivity contribution in [3.63, 3.8) is 0 Å². The van der Waals surface area contributed by atoms with Gasteiger partial charge in [0.15, 0.2) is 0 Å². The second-order valence-corrected chi connectivity index (χ2v) is 4.21. The Balaban J connectivity index is 0.00000180. The number of ether oxygens (including phenoxy) is 1. The first-order valence-corrected chi connectivity index (χ1v) is 6.09. The number of carbonyl (C=O) groups excluding carboxylic acids is 1. The summed E-state index contributed by atoms with van der Waals surface area (Å²) in [7, 11) is 1.86. The van der Waals surface area contributed by atoms with E-state index in [2.05, 4.69) is 5.32 Å². The first kappa shape index (κ1) is 15.7. The van der Waals surface area contributed by atoms with Gasteiger partial charge < -0.3 is 15.0 Å². The van der Waals surface area contributed by atoms with Crippen molar-refractivity contribution in [2.75, 3.05) is 31.6 Å². The first-order valence-electron chi connectivity index (χ1n) is 6.09. The molecule has 0 atom stereocenters. The van der Waals surface area contributed by atoms with Crippen LogP contribution >= 0.6 is 12.4 Å². The molecular formula is C13H18ClFN2O2. The number of nitrogens with one attached hydrogen (secondary N) is 1. The van der Waals surface area contributed by atoms with Crippen molar-refractivity contribution in [3.8, 4) is 5.75 Å². The maximum atomic E-state index is 13.1. The fourth-order valence-corrected chi connectivity index (χ4v) is 2.00. The molecule has 19 heavy (non-hydrogen) atoms. The van der Waals surface area contributed by atoms with E-state index in [1.165, 1.54) is 12.1 Å². The van der Waals surface area contributed by atoms with Crippen LogP contribution in [0, 0.1) is 5.82 Å². The highest BCUT2D eigenvalue weighted by atomic mass is 35.5. The lowest BCUT2D eigenvalue weighted by Crippen LogP contribution is -2.38. The molecule has 106 valence electrons. The molecule has 1 heterocycles. The first-order chi connectivity index (χ1) is 8.72. The summed E-state index contributed by atoms with van der Waals surface area (Å²) in [6.45, 7) is 1.75. The summed E-state index contributed by atoms with van der Waals surface area (Å²) in [5, 5.41) is 3.01. The second-order valence-electron chi connectivity index (χ2n) is 4.21. The van der Waals surface area contributed by atoms with Gasteiger partial charge in [-0.2, -0.15) is 0 Å². The highest BCUT2D eigenvalue weighted by molar-refractivity contribution is 5.95. The zero-order valence-electron chi connectivity index (χ0n) is 10.8. The van der Waals surface area contributed by atoms with E-state index in [4.69, 9.17) is 4.74 Å². The number of hydrogen-bond acceptors (Lipinski definition) is 3. The summed E-state index contributed by atoms with van der Waals surface area (Å²) in [5.41, 5.74) is 0.664. The molecule has 0 spiro atoms. The van der Waals surface area contributed by atoms with Gasteiger partial charge in [0.1, 0.15) is 18.2 Å². The van der Waals surface area contributed by atoms with Crippen LogP contribution in [0.25, 0.3) is 0 Å². The minimum absolute atomic E-state index is 0. The van der Waals surface area contributed by atoms with Crippen LogP contribution in [0.15, 0.2) is 18.2 Å². The number of hydrogen-bond donors (Lipinski definition) is 1. The monoisotopic (exact) mass is 288 g/mol. The van der Waals surface area contributed by atoms with E-state index in [1.807, 2.05) is 7.05 Å². The minimum atomic E-state index is -0.349. The molecule has 2 rings (SSSR count). The fraction of sp³-hybridized carbons (Fsp3) is 0.462. The third-order valence-electron chi connectivity index (χ3n) is 2.90. The maximum absolute atomic E-state index is 13.1. The van der Waals surface area contributed by atoms with Crippen LogP contribution in [0.5, 0.6) is 5.75 Å². The molecule has 0 fully saturated rings. The summed E-state index contributed by atoms with van der Waals surface area (Å²) in [6.07, 6.45) is 1.28. The van der Waals surface area contributed by atoms with Crippen molar-refractivity contribution in [1.82, 2.24) is 5.32 Å². The summed E-state index contributed by atoms with van der Waals surface area (Å²) < 4.78 is 18.4. The van der Waals surface area contributed by atoms with Crippen molar-refractivity contribution in [1.29, 1.82) is 0 Å². The van der Waals surface area contributed by atoms with Crippen molar-refractivity contribution >= 4 is 24.0 Å². The van der Waals surface area contributed by atoms with Crippen LogP contribution in [-0.4, -0.2) is 32.7 Å². The van der Waals surface area contributed by atoms with Gasteiger partial charge in [-0.1, -0.05) is 0 Å². The number of amides is 1. The molecule has 0 unspecified atom stereocenters. The van der Waals surface area contributed by atoms with Crippen molar-refractivity contribution < 1.29 is 13.9 Å². The van der Waals surface area contributed by atoms with E-state index in [1.54, 1.807) is 11.0 Å². The van der Waals surface area contributed by atoms with Gasteiger partial charge in [0.25, 0.3) is 0 Å². The van der Waals surface area contributed by atoms with Gasteiger partial charge in [-0.3, -0.25) is 4.79 Å². The van der Waals surface area contributed by atoms with Gasteiger partial charge >= 0.3 is 0 Å². The van der Waals surface area contributed by atoms with Crippen molar-refractivity contribution in [2.24, 2.45) is 0 Å². The van der Waals surface area contributed by atoms with Crippen LogP contribution < -0.4 is 15.0 Å². The number of fused-ring (bicyclic) bond motifs is 1. The van der Waals surface area contributed by atoms with Gasteiger partial charge in [0, 0.05) is 12.5 Å². The van der Waals surface area contributed by atoms with Crippen LogP contribution in [0.4, 0.5) is 10.1 Å². The Kier molecular flexibility index (Phi) is 6.05. The topological polar surface area (TPSA) is 41.6 Å². The van der Waals surface area contributed by atoms with Crippen LogP contribution in [0.1, 0.15) is 12.8 Å². The average molecular weight is 289 g/mol. The molecule has 1 aliphatic rings. The number of anilines is 1. The summed E-state index contributed by atoms with van der Waals surface area (Å²) in [6, 6.07) is 4.27. The van der Waals surface area contributed by atoms with Gasteiger partial charge in [-0.05, 0) is 32.1 Å². The molecule has 0 saturated heterocycles. The third-order valence-corrected chi connectivity index (χ3v) is 2.90. The Morgan fingerprint density at radius 1 is 1.53 bits per heavy atom. The lowest BCUT2D eigenvalue weighted by atomic mass is 10.2. The summed E-state index contributed by atoms with van der Waals surface area (Å²) in [5.74, 6) is 0.155. The zero-order chi connectivity index (χ0) is 13.0. The van der Waals surface area contributed by atoms with E-state index in [9.17, 15) is 9.18 Å². The van der Waals surface area contributed by atoms with Gasteiger partial charge in [0.2, 0.25) is 5.91 Å². The summed E-state index contributed by atoms with van der Waals surface area (Å²) >= 11 is 0. The number of halogens is 2. The van der Waals surface area contributed by atoms with E-state index >= 15 is 0 Å². The highest BCUT2D eigenvalue weighted by Gasteiger charge is 2.23. The van der Waals surface area contributed by atoms with Crippen molar-refractivity contribution in [3.05, 3.63) is 24.0 Å². The molecule has 4 nitrogen and oxygen atoms in total. The van der Waals surface area contributed by atoms with Crippen molar-refractivity contribution in [2.45, 2.75) is 12.8 Å². The van der Waals surface area contributed by atoms with E-state index in [0.29, 0.717) is 31.0 Å². The molecule has 0 bridgehead atoms. The largest absolute Gasteiger partial charge is 0.489 e. The number of carbonyl (C=O) groups is 1. The molecule has 0 radical (unpaired) electrons. The Morgan fingerprint density at radius 3 is 3.05 bits per heavy atom. The van der Waals surface area contributed by atoms with E-state index < -0.39 is 0 Å². The summed E-state index contributed by atoms with van der Waals surface area (Å²) in [4.78, 5) is 13.7. The standard InChI is InChI=1S/C13H17FN2O2.ClH/c1-15-6-2-3-13(17)16-7-8-18-12-9-10(14)4-5-11(12)16;/h4-5,9,15H,2-3,6-8H2,1H3;1H.